The van der Waals surface area contributed by atoms with Crippen molar-refractivity contribution in [2.45, 2.75) is 32.8 Å². The first-order chi connectivity index (χ1) is 15.1. The lowest BCUT2D eigenvalue weighted by Gasteiger charge is -2.19. The minimum atomic E-state index is -0.552. The van der Waals surface area contributed by atoms with Crippen molar-refractivity contribution in [3.63, 3.8) is 0 Å². The van der Waals surface area contributed by atoms with Crippen molar-refractivity contribution < 1.29 is 18.7 Å². The quantitative estimate of drug-likeness (QED) is 0.387. The maximum atomic E-state index is 12.9. The molecule has 0 fully saturated rings. The molecule has 0 spiro atoms. The maximum absolute atomic E-state index is 12.9. The van der Waals surface area contributed by atoms with Gasteiger partial charge in [0.05, 0.1) is 6.54 Å². The van der Waals surface area contributed by atoms with Crippen LogP contribution in [-0.4, -0.2) is 43.7 Å². The molecule has 0 aromatic heterocycles. The zero-order valence-electron chi connectivity index (χ0n) is 18.8. The van der Waals surface area contributed by atoms with Crippen molar-refractivity contribution >= 4 is 29.3 Å². The molecule has 172 valence electrons. The first kappa shape index (κ1) is 24.6. The zero-order chi connectivity index (χ0) is 23.6. The van der Waals surface area contributed by atoms with Crippen molar-refractivity contribution in [2.24, 2.45) is 4.99 Å². The van der Waals surface area contributed by atoms with Crippen molar-refractivity contribution in [1.29, 1.82) is 0 Å². The van der Waals surface area contributed by atoms with E-state index < -0.39 is 11.7 Å². The Bertz CT molecular complexity index is 922. The number of halogens is 1. The molecule has 0 aliphatic heterocycles. The molecule has 0 unspecified atom stereocenters. The van der Waals surface area contributed by atoms with Crippen LogP contribution in [0.4, 0.5) is 20.6 Å². The number of ether oxygens (including phenoxy) is 1. The second-order valence-corrected chi connectivity index (χ2v) is 7.98. The van der Waals surface area contributed by atoms with Crippen LogP contribution in [0.2, 0.25) is 0 Å². The fourth-order valence-corrected chi connectivity index (χ4v) is 2.62. The zero-order valence-corrected chi connectivity index (χ0v) is 18.8. The minimum absolute atomic E-state index is 0.0160. The predicted molar refractivity (Wildman–Crippen MR) is 124 cm³/mol. The molecule has 2 aromatic rings. The number of hydrogen-bond donors (Lipinski definition) is 4. The van der Waals surface area contributed by atoms with Crippen LogP contribution in [0.15, 0.2) is 53.5 Å². The largest absolute Gasteiger partial charge is 0.444 e. The number of carbonyl (C=O) groups excluding carboxylic acids is 2. The number of anilines is 2. The number of rotatable bonds is 7. The van der Waals surface area contributed by atoms with E-state index in [4.69, 9.17) is 4.74 Å². The predicted octanol–water partition coefficient (Wildman–Crippen LogP) is 3.52. The number of hydrogen-bond acceptors (Lipinski definition) is 4. The van der Waals surface area contributed by atoms with E-state index in [1.54, 1.807) is 7.05 Å². The van der Waals surface area contributed by atoms with Gasteiger partial charge in [0, 0.05) is 25.0 Å². The van der Waals surface area contributed by atoms with Gasteiger partial charge in [-0.3, -0.25) is 15.1 Å². The molecule has 0 radical (unpaired) electrons. The molecule has 0 bridgehead atoms. The SMILES string of the molecule is CN=C(NCCc1ccc(NC(=O)OC(C)(C)C)cc1)NCC(=O)Nc1ccc(F)cc1. The summed E-state index contributed by atoms with van der Waals surface area (Å²) in [7, 11) is 1.62. The van der Waals surface area contributed by atoms with E-state index in [1.165, 1.54) is 24.3 Å². The van der Waals surface area contributed by atoms with Crippen LogP contribution < -0.4 is 21.3 Å². The first-order valence-corrected chi connectivity index (χ1v) is 10.2. The van der Waals surface area contributed by atoms with Crippen LogP contribution in [0.3, 0.4) is 0 Å². The molecule has 32 heavy (non-hydrogen) atoms. The molecular weight excluding hydrogens is 413 g/mol. The Morgan fingerprint density at radius 2 is 1.53 bits per heavy atom. The van der Waals surface area contributed by atoms with Crippen LogP contribution in [0, 0.1) is 5.82 Å². The number of guanidine groups is 1. The standard InChI is InChI=1S/C23H30FN5O3/c1-23(2,3)32-22(31)29-19-9-5-16(6-10-19)13-14-26-21(25-4)27-15-20(30)28-18-11-7-17(24)8-12-18/h5-12H,13-15H2,1-4H3,(H,28,30)(H,29,31)(H2,25,26,27). The summed E-state index contributed by atoms with van der Waals surface area (Å²) in [6.07, 6.45) is 0.222. The van der Waals surface area contributed by atoms with Crippen LogP contribution in [0.25, 0.3) is 0 Å². The van der Waals surface area contributed by atoms with Gasteiger partial charge in [0.1, 0.15) is 11.4 Å². The van der Waals surface area contributed by atoms with Gasteiger partial charge in [0.15, 0.2) is 5.96 Å². The third kappa shape index (κ3) is 9.46. The molecule has 2 amide bonds. The molecule has 0 aliphatic carbocycles. The Labute approximate surface area is 187 Å². The van der Waals surface area contributed by atoms with E-state index in [1.807, 2.05) is 45.0 Å². The van der Waals surface area contributed by atoms with Gasteiger partial charge in [-0.2, -0.15) is 0 Å². The lowest BCUT2D eigenvalue weighted by atomic mass is 10.1. The molecule has 2 aromatic carbocycles. The summed E-state index contributed by atoms with van der Waals surface area (Å²) in [5, 5.41) is 11.4. The summed E-state index contributed by atoms with van der Waals surface area (Å²) in [5.41, 5.74) is 1.69. The topological polar surface area (TPSA) is 104 Å². The van der Waals surface area contributed by atoms with E-state index in [2.05, 4.69) is 26.3 Å². The summed E-state index contributed by atoms with van der Waals surface area (Å²) >= 11 is 0. The number of nitrogens with one attached hydrogen (secondary N) is 4. The van der Waals surface area contributed by atoms with Crippen molar-refractivity contribution in [1.82, 2.24) is 10.6 Å². The first-order valence-electron chi connectivity index (χ1n) is 10.2. The van der Waals surface area contributed by atoms with Gasteiger partial charge in [-0.05, 0) is 69.2 Å². The number of benzene rings is 2. The van der Waals surface area contributed by atoms with Gasteiger partial charge in [-0.1, -0.05) is 12.1 Å². The van der Waals surface area contributed by atoms with E-state index in [0.717, 1.165) is 12.0 Å². The van der Waals surface area contributed by atoms with Crippen LogP contribution >= 0.6 is 0 Å². The van der Waals surface area contributed by atoms with Crippen molar-refractivity contribution in [2.75, 3.05) is 30.8 Å². The molecule has 4 N–H and O–H groups in total. The van der Waals surface area contributed by atoms with E-state index in [9.17, 15) is 14.0 Å². The number of nitrogens with zero attached hydrogens (tertiary/aromatic N) is 1. The van der Waals surface area contributed by atoms with Crippen molar-refractivity contribution in [3.8, 4) is 0 Å². The van der Waals surface area contributed by atoms with Gasteiger partial charge in [-0.25, -0.2) is 9.18 Å². The van der Waals surface area contributed by atoms with Crippen LogP contribution in [0.1, 0.15) is 26.3 Å². The second-order valence-electron chi connectivity index (χ2n) is 7.98. The van der Waals surface area contributed by atoms with Crippen LogP contribution in [0.5, 0.6) is 0 Å². The smallest absolute Gasteiger partial charge is 0.412 e. The molecule has 0 aliphatic rings. The Kier molecular flexibility index (Phi) is 9.00. The summed E-state index contributed by atoms with van der Waals surface area (Å²) in [6.45, 7) is 6.04. The average Bonchev–Trinajstić information content (AvgIpc) is 2.72. The molecule has 9 heteroatoms. The Hall–Kier alpha value is -3.62. The maximum Gasteiger partial charge on any atom is 0.412 e. The number of amides is 2. The molecular formula is C23H30FN5O3. The average molecular weight is 444 g/mol. The molecule has 2 rings (SSSR count). The third-order valence-corrected chi connectivity index (χ3v) is 4.07. The van der Waals surface area contributed by atoms with Crippen LogP contribution in [-0.2, 0) is 16.0 Å². The summed E-state index contributed by atoms with van der Waals surface area (Å²) in [5.74, 6) is -0.144. The normalized spacial score (nSPS) is 11.5. The van der Waals surface area contributed by atoms with Gasteiger partial charge >= 0.3 is 6.09 Å². The van der Waals surface area contributed by atoms with E-state index in [-0.39, 0.29) is 18.3 Å². The highest BCUT2D eigenvalue weighted by atomic mass is 19.1. The third-order valence-electron chi connectivity index (χ3n) is 4.07. The molecule has 0 saturated heterocycles. The van der Waals surface area contributed by atoms with Gasteiger partial charge < -0.3 is 20.7 Å². The summed E-state index contributed by atoms with van der Waals surface area (Å²) in [4.78, 5) is 27.9. The highest BCUT2D eigenvalue weighted by Gasteiger charge is 2.16. The van der Waals surface area contributed by atoms with Gasteiger partial charge in [0.2, 0.25) is 5.91 Å². The fraction of sp³-hybridized carbons (Fsp3) is 0.348. The lowest BCUT2D eigenvalue weighted by Crippen LogP contribution is -2.42. The Morgan fingerprint density at radius 1 is 0.938 bits per heavy atom. The number of aliphatic imine (C=N–C) groups is 1. The second kappa shape index (κ2) is 11.7. The van der Waals surface area contributed by atoms with Crippen molar-refractivity contribution in [3.05, 3.63) is 59.9 Å². The Morgan fingerprint density at radius 3 is 2.12 bits per heavy atom. The van der Waals surface area contributed by atoms with Gasteiger partial charge in [0.25, 0.3) is 0 Å². The summed E-state index contributed by atoms with van der Waals surface area (Å²) in [6, 6.07) is 13.0. The fourth-order valence-electron chi connectivity index (χ4n) is 2.62. The highest BCUT2D eigenvalue weighted by Crippen LogP contribution is 2.13. The summed E-state index contributed by atoms with van der Waals surface area (Å²) < 4.78 is 18.1. The molecule has 8 nitrogen and oxygen atoms in total. The molecule has 0 atom stereocenters. The number of carbonyl (C=O) groups is 2. The molecule has 0 saturated carbocycles. The monoisotopic (exact) mass is 443 g/mol. The Balaban J connectivity index is 1.71. The molecule has 0 heterocycles. The lowest BCUT2D eigenvalue weighted by molar-refractivity contribution is -0.115. The van der Waals surface area contributed by atoms with E-state index in [0.29, 0.717) is 23.9 Å². The van der Waals surface area contributed by atoms with Gasteiger partial charge in [-0.15, -0.1) is 0 Å². The highest BCUT2D eigenvalue weighted by molar-refractivity contribution is 5.94. The van der Waals surface area contributed by atoms with E-state index >= 15 is 0 Å². The minimum Gasteiger partial charge on any atom is -0.444 e.